The molecular weight excluding hydrogens is 142 g/mol. The van der Waals surface area contributed by atoms with Crippen LogP contribution in [-0.2, 0) is 10.3 Å². The first-order chi connectivity index (χ1) is 4.72. The van der Waals surface area contributed by atoms with E-state index in [0.29, 0.717) is 0 Å². The number of terminal acetylenes is 1. The predicted octanol–water partition coefficient (Wildman–Crippen LogP) is 0.453. The van der Waals surface area contributed by atoms with Crippen LogP contribution in [0.3, 0.4) is 0 Å². The molecule has 0 amide bonds. The lowest BCUT2D eigenvalue weighted by Gasteiger charge is -2.14. The second-order valence-corrected chi connectivity index (χ2v) is 3.47. The van der Waals surface area contributed by atoms with Crippen molar-refractivity contribution in [3.63, 3.8) is 0 Å². The van der Waals surface area contributed by atoms with Crippen molar-refractivity contribution in [3.05, 3.63) is 18.4 Å². The highest BCUT2D eigenvalue weighted by Gasteiger charge is 1.77. The minimum atomic E-state index is -0.232. The maximum Gasteiger partial charge on any atom is -0.00622 e. The molecule has 0 saturated carbocycles. The Kier molecular flexibility index (Phi) is 4.58. The molecule has 0 bridgehead atoms. The Bertz CT molecular complexity index is 265. The van der Waals surface area contributed by atoms with Crippen molar-refractivity contribution in [2.24, 2.45) is 5.73 Å². The number of allylic oxidation sites excluding steroid dienone is 1. The minimum absolute atomic E-state index is 0.181. The summed E-state index contributed by atoms with van der Waals surface area (Å²) < 4.78 is 0. The molecule has 0 aromatic rings. The molecule has 0 unspecified atom stereocenters. The third kappa shape index (κ3) is 3.25. The van der Waals surface area contributed by atoms with E-state index in [1.54, 1.807) is 6.08 Å². The van der Waals surface area contributed by atoms with E-state index in [9.17, 15) is 0 Å². The van der Waals surface area contributed by atoms with Gasteiger partial charge in [0.1, 0.15) is 0 Å². The molecule has 1 nitrogen and oxygen atoms in total. The topological polar surface area (TPSA) is 26.0 Å². The molecule has 0 saturated heterocycles. The number of nitrogens with two attached hydrogens (primary N) is 1. The summed E-state index contributed by atoms with van der Waals surface area (Å²) in [7, 11) is -0.181. The molecular formula is C8H10NS-. The van der Waals surface area contributed by atoms with Crippen LogP contribution in [0, 0.1) is 17.5 Å². The molecule has 0 fully saturated rings. The molecule has 54 valence electrons. The molecule has 0 aliphatic carbocycles. The van der Waals surface area contributed by atoms with E-state index >= 15 is 0 Å². The van der Waals surface area contributed by atoms with Gasteiger partial charge in [-0.2, -0.15) is 0 Å². The lowest BCUT2D eigenvalue weighted by atomic mass is 10.7. The second-order valence-electron chi connectivity index (χ2n) is 1.61. The van der Waals surface area contributed by atoms with Gasteiger partial charge >= 0.3 is 0 Å². The first-order valence-corrected chi connectivity index (χ1v) is 4.39. The molecule has 0 aromatic heterocycles. The summed E-state index contributed by atoms with van der Waals surface area (Å²) in [6, 6.07) is 0. The van der Waals surface area contributed by atoms with E-state index < -0.39 is 0 Å². The summed E-state index contributed by atoms with van der Waals surface area (Å²) in [5.41, 5.74) is 8.08. The van der Waals surface area contributed by atoms with Crippen LogP contribution in [0.1, 0.15) is 0 Å². The Hall–Kier alpha value is -0.830. The maximum absolute atomic E-state index is 5.50. The highest BCUT2D eigenvalue weighted by molar-refractivity contribution is 7.86. The van der Waals surface area contributed by atoms with Gasteiger partial charge in [-0.05, 0) is 11.4 Å². The number of hydrogen-bond donors (Lipinski definition) is 1. The molecule has 0 aromatic carbocycles. The molecule has 0 radical (unpaired) electrons. The van der Waals surface area contributed by atoms with Crippen LogP contribution in [-0.4, -0.2) is 11.6 Å². The van der Waals surface area contributed by atoms with Crippen molar-refractivity contribution in [1.29, 1.82) is 0 Å². The van der Waals surface area contributed by atoms with Gasteiger partial charge in [-0.15, -0.1) is 24.3 Å². The van der Waals surface area contributed by atoms with Gasteiger partial charge in [0.25, 0.3) is 0 Å². The monoisotopic (exact) mass is 152 g/mol. The van der Waals surface area contributed by atoms with E-state index in [-0.39, 0.29) is 15.7 Å². The van der Waals surface area contributed by atoms with Crippen LogP contribution in [0.2, 0.25) is 0 Å². The van der Waals surface area contributed by atoms with Gasteiger partial charge < -0.3 is 16.0 Å². The van der Waals surface area contributed by atoms with Gasteiger partial charge in [-0.1, -0.05) is 6.58 Å². The number of hydrogen-bond acceptors (Lipinski definition) is 2. The van der Waals surface area contributed by atoms with Crippen molar-refractivity contribution in [2.75, 3.05) is 6.26 Å². The lowest BCUT2D eigenvalue weighted by molar-refractivity contribution is 1.21. The van der Waals surface area contributed by atoms with E-state index in [0.717, 1.165) is 0 Å². The summed E-state index contributed by atoms with van der Waals surface area (Å²) in [6.45, 7) is 3.39. The second kappa shape index (κ2) is 4.99. The Labute approximate surface area is 64.2 Å². The Morgan fingerprint density at radius 1 is 1.80 bits per heavy atom. The minimum Gasteiger partial charge on any atom is -0.425 e. The van der Waals surface area contributed by atoms with E-state index in [4.69, 9.17) is 12.2 Å². The average Bonchev–Trinajstić information content (AvgIpc) is 1.98. The Balaban J connectivity index is 4.40. The first-order valence-electron chi connectivity index (χ1n) is 2.69. The van der Waals surface area contributed by atoms with Crippen molar-refractivity contribution in [3.8, 4) is 17.5 Å². The summed E-state index contributed by atoms with van der Waals surface area (Å²) in [4.78, 5) is 0. The highest BCUT2D eigenvalue weighted by Crippen LogP contribution is 1.80. The Morgan fingerprint density at radius 2 is 2.40 bits per heavy atom. The molecule has 2 heteroatoms. The van der Waals surface area contributed by atoms with Crippen molar-refractivity contribution in [1.82, 2.24) is 0 Å². The smallest absolute Gasteiger partial charge is 0.00622 e. The molecule has 1 atom stereocenters. The fourth-order valence-corrected chi connectivity index (χ4v) is 0.930. The van der Waals surface area contributed by atoms with Crippen LogP contribution in [0.25, 0.3) is 0 Å². The predicted molar refractivity (Wildman–Crippen MR) is 47.7 cm³/mol. The normalized spacial score (nSPS) is 11.0. The quantitative estimate of drug-likeness (QED) is 0.304. The molecule has 0 heterocycles. The standard InChI is InChI=1S/C8H10NS/c1-4-6-7-10(3)8(9)5-2/h2,6,8H,1,9H2,3H3/q-1/t8-/m0/s1. The van der Waals surface area contributed by atoms with Gasteiger partial charge in [0, 0.05) is 0 Å². The SMILES string of the molecule is C#C[C@@H](N)[S-](C)#CC=C=C. The summed E-state index contributed by atoms with van der Waals surface area (Å²) in [6.07, 6.45) is 8.63. The lowest BCUT2D eigenvalue weighted by Crippen LogP contribution is -2.20. The number of rotatable bonds is 0. The zero-order valence-electron chi connectivity index (χ0n) is 5.92. The Morgan fingerprint density at radius 3 is 2.80 bits per heavy atom. The summed E-state index contributed by atoms with van der Waals surface area (Å²) >= 11 is 0. The molecule has 10 heavy (non-hydrogen) atoms. The zero-order valence-corrected chi connectivity index (χ0v) is 6.74. The van der Waals surface area contributed by atoms with Crippen LogP contribution in [0.5, 0.6) is 0 Å². The van der Waals surface area contributed by atoms with E-state index in [1.165, 1.54) is 0 Å². The van der Waals surface area contributed by atoms with Gasteiger partial charge in [0.05, 0.1) is 0 Å². The van der Waals surface area contributed by atoms with Crippen LogP contribution in [0.15, 0.2) is 18.4 Å². The molecule has 0 aliphatic rings. The third-order valence-corrected chi connectivity index (χ3v) is 2.28. The van der Waals surface area contributed by atoms with Gasteiger partial charge in [-0.25, -0.2) is 0 Å². The van der Waals surface area contributed by atoms with E-state index in [2.05, 4.69) is 23.4 Å². The largest absolute Gasteiger partial charge is 0.425 e. The van der Waals surface area contributed by atoms with E-state index in [1.807, 2.05) is 6.26 Å². The average molecular weight is 152 g/mol. The van der Waals surface area contributed by atoms with Crippen molar-refractivity contribution < 1.29 is 0 Å². The highest BCUT2D eigenvalue weighted by atomic mass is 32.2. The molecule has 0 spiro atoms. The fourth-order valence-electron chi connectivity index (χ4n) is 0.310. The summed E-state index contributed by atoms with van der Waals surface area (Å²) in [5, 5.41) is 2.71. The van der Waals surface area contributed by atoms with Crippen LogP contribution in [0.4, 0.5) is 0 Å². The zero-order chi connectivity index (χ0) is 7.98. The van der Waals surface area contributed by atoms with Crippen molar-refractivity contribution in [2.45, 2.75) is 5.37 Å². The summed E-state index contributed by atoms with van der Waals surface area (Å²) in [5.74, 6) is 2.43. The molecule has 2 N–H and O–H groups in total. The van der Waals surface area contributed by atoms with Gasteiger partial charge in [-0.3, -0.25) is 5.18 Å². The molecule has 0 aliphatic heterocycles. The van der Waals surface area contributed by atoms with Gasteiger partial charge in [0.15, 0.2) is 0 Å². The van der Waals surface area contributed by atoms with Crippen molar-refractivity contribution >= 4 is 10.3 Å². The maximum atomic E-state index is 5.50. The fraction of sp³-hybridized carbons (Fsp3) is 0.250. The third-order valence-electron chi connectivity index (χ3n) is 0.892. The first kappa shape index (κ1) is 9.17. The van der Waals surface area contributed by atoms with Gasteiger partial charge in [0.2, 0.25) is 0 Å². The molecule has 0 rings (SSSR count). The van der Waals surface area contributed by atoms with Crippen LogP contribution >= 0.6 is 0 Å². The van der Waals surface area contributed by atoms with Crippen LogP contribution < -0.4 is 5.73 Å².